The van der Waals surface area contributed by atoms with Gasteiger partial charge in [-0.1, -0.05) is 0 Å². The van der Waals surface area contributed by atoms with Crippen LogP contribution in [-0.2, 0) is 9.53 Å². The molecule has 3 aliphatic rings. The van der Waals surface area contributed by atoms with Crippen molar-refractivity contribution < 1.29 is 28.5 Å². The van der Waals surface area contributed by atoms with Crippen LogP contribution >= 0.6 is 0 Å². The number of benzene rings is 1. The molecule has 1 aromatic carbocycles. The molecule has 0 spiro atoms. The first kappa shape index (κ1) is 15.9. The Kier molecular flexibility index (Phi) is 3.27. The lowest BCUT2D eigenvalue weighted by Crippen LogP contribution is -2.20. The highest BCUT2D eigenvalue weighted by Gasteiger charge is 2.43. The third-order valence-corrected chi connectivity index (χ3v) is 5.06. The lowest BCUT2D eigenvalue weighted by molar-refractivity contribution is -0.136. The highest BCUT2D eigenvalue weighted by atomic mass is 16.7. The van der Waals surface area contributed by atoms with E-state index in [1.165, 1.54) is 7.11 Å². The van der Waals surface area contributed by atoms with Crippen LogP contribution in [0.3, 0.4) is 0 Å². The molecule has 0 aliphatic carbocycles. The van der Waals surface area contributed by atoms with Crippen LogP contribution < -0.4 is 24.3 Å². The van der Waals surface area contributed by atoms with E-state index in [1.54, 1.807) is 7.11 Å². The first-order chi connectivity index (χ1) is 13.1. The average molecular weight is 371 g/mol. The number of carbonyl (C=O) groups excluding carboxylic acids is 1. The van der Waals surface area contributed by atoms with Crippen molar-refractivity contribution in [2.24, 2.45) is 0 Å². The number of methoxy groups -OCH3 is 2. The van der Waals surface area contributed by atoms with Crippen LogP contribution in [0.4, 0.5) is 5.82 Å². The molecule has 27 heavy (non-hydrogen) atoms. The molecule has 9 nitrogen and oxygen atoms in total. The number of hydrogen-bond acceptors (Lipinski definition) is 8. The number of hydrogen-bond donors (Lipinski definition) is 2. The predicted molar refractivity (Wildman–Crippen MR) is 92.4 cm³/mol. The molecule has 0 unspecified atom stereocenters. The fraction of sp³-hybridized carbons (Fsp3) is 0.333. The molecule has 5 rings (SSSR count). The molecule has 0 bridgehead atoms. The summed E-state index contributed by atoms with van der Waals surface area (Å²) >= 11 is 0. The zero-order valence-corrected chi connectivity index (χ0v) is 15.0. The molecular weight excluding hydrogens is 354 g/mol. The third-order valence-electron chi connectivity index (χ3n) is 5.06. The number of nitrogens with one attached hydrogen (secondary N) is 2. The molecule has 3 aliphatic heterocycles. The highest BCUT2D eigenvalue weighted by Crippen LogP contribution is 2.55. The molecule has 1 aromatic heterocycles. The summed E-state index contributed by atoms with van der Waals surface area (Å²) in [5.74, 6) is 1.78. The number of rotatable bonds is 3. The van der Waals surface area contributed by atoms with E-state index in [0.29, 0.717) is 40.1 Å². The summed E-state index contributed by atoms with van der Waals surface area (Å²) in [6, 6.07) is 1.83. The second-order valence-electron chi connectivity index (χ2n) is 6.40. The summed E-state index contributed by atoms with van der Waals surface area (Å²) in [5.41, 5.74) is 3.64. The van der Waals surface area contributed by atoms with Crippen molar-refractivity contribution in [2.75, 3.05) is 32.9 Å². The molecule has 2 aromatic rings. The van der Waals surface area contributed by atoms with Crippen molar-refractivity contribution in [1.29, 1.82) is 0 Å². The molecule has 0 radical (unpaired) electrons. The molecule has 0 fully saturated rings. The summed E-state index contributed by atoms with van der Waals surface area (Å²) in [5, 5.41) is 10.5. The summed E-state index contributed by atoms with van der Waals surface area (Å²) in [6.07, 6.45) is 0. The maximum Gasteiger partial charge on any atom is 0.337 e. The molecule has 9 heteroatoms. The van der Waals surface area contributed by atoms with Gasteiger partial charge in [0.1, 0.15) is 6.61 Å². The average Bonchev–Trinajstić information content (AvgIpc) is 3.38. The monoisotopic (exact) mass is 371 g/mol. The van der Waals surface area contributed by atoms with Crippen molar-refractivity contribution in [1.82, 2.24) is 10.2 Å². The van der Waals surface area contributed by atoms with Gasteiger partial charge in [-0.05, 0) is 13.0 Å². The summed E-state index contributed by atoms with van der Waals surface area (Å²) in [7, 11) is 3.09. The minimum Gasteiger partial charge on any atom is -0.492 e. The number of anilines is 1. The summed E-state index contributed by atoms with van der Waals surface area (Å²) < 4.78 is 27.6. The van der Waals surface area contributed by atoms with Gasteiger partial charge in [0.15, 0.2) is 17.3 Å². The Bertz CT molecular complexity index is 1010. The third kappa shape index (κ3) is 2.05. The van der Waals surface area contributed by atoms with Crippen LogP contribution in [0, 0.1) is 6.92 Å². The quantitative estimate of drug-likeness (QED) is 0.788. The molecule has 2 N–H and O–H groups in total. The van der Waals surface area contributed by atoms with E-state index in [-0.39, 0.29) is 19.4 Å². The Hall–Kier alpha value is -3.36. The van der Waals surface area contributed by atoms with E-state index < -0.39 is 5.92 Å². The smallest absolute Gasteiger partial charge is 0.337 e. The van der Waals surface area contributed by atoms with E-state index in [0.717, 1.165) is 16.8 Å². The van der Waals surface area contributed by atoms with Gasteiger partial charge in [0.05, 0.1) is 31.4 Å². The number of nitrogens with zero attached hydrogens (tertiary/aromatic N) is 1. The lowest BCUT2D eigenvalue weighted by Gasteiger charge is -2.26. The molecule has 0 amide bonds. The van der Waals surface area contributed by atoms with Gasteiger partial charge in [0.25, 0.3) is 0 Å². The van der Waals surface area contributed by atoms with E-state index in [2.05, 4.69) is 15.5 Å². The molecular formula is C18H17N3O6. The zero-order valence-electron chi connectivity index (χ0n) is 15.0. The van der Waals surface area contributed by atoms with Crippen LogP contribution in [0.1, 0.15) is 22.7 Å². The van der Waals surface area contributed by atoms with Gasteiger partial charge in [-0.3, -0.25) is 5.10 Å². The minimum atomic E-state index is -0.441. The van der Waals surface area contributed by atoms with Crippen LogP contribution in [0.15, 0.2) is 17.3 Å². The van der Waals surface area contributed by atoms with Crippen LogP contribution in [0.25, 0.3) is 0 Å². The van der Waals surface area contributed by atoms with Gasteiger partial charge in [0.2, 0.25) is 18.3 Å². The maximum atomic E-state index is 12.5. The number of aromatic amines is 1. The van der Waals surface area contributed by atoms with Crippen LogP contribution in [-0.4, -0.2) is 43.8 Å². The van der Waals surface area contributed by atoms with Gasteiger partial charge in [-0.2, -0.15) is 5.10 Å². The Balaban J connectivity index is 1.81. The normalized spacial score (nSPS) is 19.4. The molecule has 140 valence electrons. The zero-order chi connectivity index (χ0) is 18.7. The number of H-pyrrole nitrogens is 1. The fourth-order valence-electron chi connectivity index (χ4n) is 3.92. The van der Waals surface area contributed by atoms with Crippen molar-refractivity contribution in [3.63, 3.8) is 0 Å². The SMILES string of the molecule is COc1c([C@H]2C3=C(COC3=O)Nc3n[nH]c(C)c32)cc2c(c1OC)OCO2. The lowest BCUT2D eigenvalue weighted by atomic mass is 9.81. The second kappa shape index (κ2) is 5.57. The highest BCUT2D eigenvalue weighted by molar-refractivity contribution is 5.97. The molecule has 0 saturated heterocycles. The van der Waals surface area contributed by atoms with Crippen molar-refractivity contribution >= 4 is 11.8 Å². The number of carbonyl (C=O) groups is 1. The van der Waals surface area contributed by atoms with Gasteiger partial charge in [0, 0.05) is 16.8 Å². The van der Waals surface area contributed by atoms with Gasteiger partial charge in [-0.15, -0.1) is 0 Å². The number of esters is 1. The predicted octanol–water partition coefficient (Wildman–Crippen LogP) is 1.83. The number of cyclic esters (lactones) is 1. The van der Waals surface area contributed by atoms with E-state index in [9.17, 15) is 4.79 Å². The Morgan fingerprint density at radius 3 is 2.78 bits per heavy atom. The van der Waals surface area contributed by atoms with Crippen LogP contribution in [0.5, 0.6) is 23.0 Å². The molecule has 0 saturated carbocycles. The van der Waals surface area contributed by atoms with Crippen LogP contribution in [0.2, 0.25) is 0 Å². The fourth-order valence-corrected chi connectivity index (χ4v) is 3.92. The second-order valence-corrected chi connectivity index (χ2v) is 6.40. The van der Waals surface area contributed by atoms with Gasteiger partial charge < -0.3 is 29.0 Å². The van der Waals surface area contributed by atoms with Crippen molar-refractivity contribution in [3.8, 4) is 23.0 Å². The van der Waals surface area contributed by atoms with Crippen molar-refractivity contribution in [2.45, 2.75) is 12.8 Å². The van der Waals surface area contributed by atoms with E-state index in [1.807, 2.05) is 13.0 Å². The standard InChI is InChI=1S/C18H17N3O6/c1-7-11-12(13-9(5-25-18(13)22)19-17(11)21-20-7)8-4-10-15(27-6-26-10)16(24-3)14(8)23-2/h4,12H,5-6H2,1-3H3,(H2,19,20,21)/t12-/m1/s1. The topological polar surface area (TPSA) is 104 Å². The number of fused-ring (bicyclic) bond motifs is 2. The number of ether oxygens (including phenoxy) is 5. The van der Waals surface area contributed by atoms with Crippen molar-refractivity contribution in [3.05, 3.63) is 34.2 Å². The molecule has 4 heterocycles. The largest absolute Gasteiger partial charge is 0.492 e. The Morgan fingerprint density at radius 1 is 1.19 bits per heavy atom. The first-order valence-corrected chi connectivity index (χ1v) is 8.40. The van der Waals surface area contributed by atoms with E-state index in [4.69, 9.17) is 23.7 Å². The van der Waals surface area contributed by atoms with E-state index >= 15 is 0 Å². The van der Waals surface area contributed by atoms with Gasteiger partial charge in [-0.25, -0.2) is 4.79 Å². The first-order valence-electron chi connectivity index (χ1n) is 8.40. The number of aryl methyl sites for hydroxylation is 1. The van der Waals surface area contributed by atoms with Gasteiger partial charge >= 0.3 is 5.97 Å². The minimum absolute atomic E-state index is 0.0937. The Labute approximate surface area is 154 Å². The summed E-state index contributed by atoms with van der Waals surface area (Å²) in [6.45, 7) is 2.18. The summed E-state index contributed by atoms with van der Waals surface area (Å²) in [4.78, 5) is 12.5. The maximum absolute atomic E-state index is 12.5. The molecule has 1 atom stereocenters. The Morgan fingerprint density at radius 2 is 2.00 bits per heavy atom. The number of aromatic nitrogens is 2.